The van der Waals surface area contributed by atoms with Crippen molar-refractivity contribution in [1.82, 2.24) is 9.55 Å². The van der Waals surface area contributed by atoms with Crippen LogP contribution in [0.25, 0.3) is 5.69 Å². The van der Waals surface area contributed by atoms with E-state index >= 15 is 0 Å². The van der Waals surface area contributed by atoms with Crippen LogP contribution in [0.2, 0.25) is 0 Å². The zero-order valence-electron chi connectivity index (χ0n) is 23.3. The Kier molecular flexibility index (Phi) is 15.3. The van der Waals surface area contributed by atoms with E-state index < -0.39 is 0 Å². The van der Waals surface area contributed by atoms with Crippen LogP contribution < -0.4 is 10.1 Å². The number of imidazole rings is 1. The number of hydrogen-bond acceptors (Lipinski definition) is 3. The molecule has 2 aromatic carbocycles. The van der Waals surface area contributed by atoms with Gasteiger partial charge in [-0.1, -0.05) is 89.7 Å². The van der Waals surface area contributed by atoms with E-state index in [1.54, 1.807) is 6.20 Å². The number of nitrogens with one attached hydrogen (secondary N) is 1. The van der Waals surface area contributed by atoms with Crippen molar-refractivity contribution in [2.24, 2.45) is 0 Å². The summed E-state index contributed by atoms with van der Waals surface area (Å²) in [5.41, 5.74) is 2.78. The second-order valence-electron chi connectivity index (χ2n) is 10.00. The highest BCUT2D eigenvalue weighted by molar-refractivity contribution is 5.92. The number of anilines is 1. The number of ether oxygens (including phenoxy) is 1. The fraction of sp³-hybridized carbons (Fsp3) is 0.500. The zero-order valence-corrected chi connectivity index (χ0v) is 24.1. The average molecular weight is 540 g/mol. The van der Waals surface area contributed by atoms with Gasteiger partial charge in [-0.25, -0.2) is 4.98 Å². The number of nitrogens with zero attached hydrogens (tertiary/aromatic N) is 2. The van der Waals surface area contributed by atoms with Gasteiger partial charge < -0.3 is 14.6 Å². The van der Waals surface area contributed by atoms with Crippen molar-refractivity contribution < 1.29 is 9.53 Å². The molecular weight excluding hydrogens is 494 g/mol. The average Bonchev–Trinajstić information content (AvgIpc) is 3.34. The van der Waals surface area contributed by atoms with Gasteiger partial charge in [0.05, 0.1) is 13.0 Å². The molecule has 208 valence electrons. The molecule has 0 atom stereocenters. The fourth-order valence-corrected chi connectivity index (χ4v) is 4.58. The highest BCUT2D eigenvalue weighted by atomic mass is 35.5. The standard InChI is InChI=1S/C32H45N3O2.ClH/c1-3-4-5-6-7-8-9-10-11-12-13-14-25-37-31-21-15-28(16-22-31)26-32(36)34-29-17-19-30(20-18-29)35-24-23-33-27(35)2;/h15-24H,3-14,25-26H2,1-2H3,(H,34,36);1H. The first-order valence-corrected chi connectivity index (χ1v) is 14.3. The second-order valence-corrected chi connectivity index (χ2v) is 10.00. The van der Waals surface area contributed by atoms with Crippen LogP contribution >= 0.6 is 12.4 Å². The molecule has 3 aromatic rings. The van der Waals surface area contributed by atoms with Crippen molar-refractivity contribution in [3.8, 4) is 11.4 Å². The Morgan fingerprint density at radius 3 is 1.95 bits per heavy atom. The van der Waals surface area contributed by atoms with E-state index in [0.717, 1.165) is 41.5 Å². The predicted octanol–water partition coefficient (Wildman–Crippen LogP) is 8.86. The minimum absolute atomic E-state index is 0. The maximum atomic E-state index is 12.5. The number of hydrogen-bond donors (Lipinski definition) is 1. The zero-order chi connectivity index (χ0) is 26.1. The molecule has 1 aromatic heterocycles. The molecule has 38 heavy (non-hydrogen) atoms. The third-order valence-corrected chi connectivity index (χ3v) is 6.81. The number of benzene rings is 2. The third-order valence-electron chi connectivity index (χ3n) is 6.81. The van der Waals surface area contributed by atoms with Gasteiger partial charge in [0, 0.05) is 23.8 Å². The molecule has 0 radical (unpaired) electrons. The highest BCUT2D eigenvalue weighted by Gasteiger charge is 2.06. The Balaban J connectivity index is 0.00000507. The largest absolute Gasteiger partial charge is 0.494 e. The Labute approximate surface area is 235 Å². The molecule has 0 unspecified atom stereocenters. The molecule has 0 aliphatic rings. The van der Waals surface area contributed by atoms with Crippen molar-refractivity contribution in [2.75, 3.05) is 11.9 Å². The van der Waals surface area contributed by atoms with Crippen LogP contribution in [0.1, 0.15) is 95.4 Å². The number of carbonyl (C=O) groups is 1. The summed E-state index contributed by atoms with van der Waals surface area (Å²) in [6, 6.07) is 15.7. The van der Waals surface area contributed by atoms with Gasteiger partial charge in [0.25, 0.3) is 0 Å². The first kappa shape index (κ1) is 31.4. The van der Waals surface area contributed by atoms with Crippen molar-refractivity contribution in [1.29, 1.82) is 0 Å². The van der Waals surface area contributed by atoms with Crippen LogP contribution in [0, 0.1) is 6.92 Å². The SMILES string of the molecule is CCCCCCCCCCCCCCOc1ccc(CC(=O)Nc2ccc(-n3ccnc3C)cc2)cc1.Cl. The van der Waals surface area contributed by atoms with Crippen LogP contribution in [-0.2, 0) is 11.2 Å². The van der Waals surface area contributed by atoms with Gasteiger partial charge >= 0.3 is 0 Å². The number of unbranched alkanes of at least 4 members (excludes halogenated alkanes) is 11. The molecule has 0 aliphatic heterocycles. The predicted molar refractivity (Wildman–Crippen MR) is 161 cm³/mol. The van der Waals surface area contributed by atoms with Crippen LogP contribution in [0.15, 0.2) is 60.9 Å². The lowest BCUT2D eigenvalue weighted by molar-refractivity contribution is -0.115. The molecule has 6 heteroatoms. The number of amides is 1. The lowest BCUT2D eigenvalue weighted by atomic mass is 10.1. The van der Waals surface area contributed by atoms with E-state index in [1.165, 1.54) is 70.6 Å². The maximum Gasteiger partial charge on any atom is 0.228 e. The minimum Gasteiger partial charge on any atom is -0.494 e. The van der Waals surface area contributed by atoms with Gasteiger partial charge in [0.1, 0.15) is 11.6 Å². The van der Waals surface area contributed by atoms with E-state index in [4.69, 9.17) is 4.74 Å². The van der Waals surface area contributed by atoms with Crippen molar-refractivity contribution in [2.45, 2.75) is 97.3 Å². The summed E-state index contributed by atoms with van der Waals surface area (Å²) in [5.74, 6) is 1.77. The van der Waals surface area contributed by atoms with Crippen molar-refractivity contribution >= 4 is 24.0 Å². The second kappa shape index (κ2) is 18.5. The van der Waals surface area contributed by atoms with Crippen molar-refractivity contribution in [3.05, 3.63) is 72.3 Å². The number of rotatable bonds is 18. The summed E-state index contributed by atoms with van der Waals surface area (Å²) in [5, 5.41) is 2.98. The number of halogens is 1. The molecule has 1 amide bonds. The van der Waals surface area contributed by atoms with Crippen LogP contribution in [0.5, 0.6) is 5.75 Å². The number of carbonyl (C=O) groups excluding carboxylic acids is 1. The van der Waals surface area contributed by atoms with Gasteiger partial charge in [-0.3, -0.25) is 4.79 Å². The molecular formula is C32H46ClN3O2. The first-order valence-electron chi connectivity index (χ1n) is 14.3. The smallest absolute Gasteiger partial charge is 0.228 e. The van der Waals surface area contributed by atoms with Gasteiger partial charge in [-0.2, -0.15) is 0 Å². The van der Waals surface area contributed by atoms with E-state index in [9.17, 15) is 4.79 Å². The summed E-state index contributed by atoms with van der Waals surface area (Å²) in [6.07, 6.45) is 20.2. The molecule has 1 N–H and O–H groups in total. The van der Waals surface area contributed by atoms with Gasteiger partial charge in [-0.15, -0.1) is 12.4 Å². The summed E-state index contributed by atoms with van der Waals surface area (Å²) in [4.78, 5) is 16.7. The summed E-state index contributed by atoms with van der Waals surface area (Å²) >= 11 is 0. The molecule has 5 nitrogen and oxygen atoms in total. The van der Waals surface area contributed by atoms with E-state index in [0.29, 0.717) is 6.42 Å². The Hall–Kier alpha value is -2.79. The lowest BCUT2D eigenvalue weighted by Gasteiger charge is -2.09. The molecule has 0 aliphatic carbocycles. The first-order chi connectivity index (χ1) is 18.2. The molecule has 0 fully saturated rings. The molecule has 0 spiro atoms. The minimum atomic E-state index is -0.0308. The Bertz CT molecular complexity index is 1030. The number of aryl methyl sites for hydroxylation is 1. The maximum absolute atomic E-state index is 12.5. The van der Waals surface area contributed by atoms with Crippen LogP contribution in [-0.4, -0.2) is 22.1 Å². The molecule has 0 saturated heterocycles. The topological polar surface area (TPSA) is 56.1 Å². The fourth-order valence-electron chi connectivity index (χ4n) is 4.58. The van der Waals surface area contributed by atoms with Gasteiger partial charge in [0.15, 0.2) is 0 Å². The monoisotopic (exact) mass is 539 g/mol. The quantitative estimate of drug-likeness (QED) is 0.164. The number of aromatic nitrogens is 2. The Morgan fingerprint density at radius 1 is 0.816 bits per heavy atom. The molecule has 0 bridgehead atoms. The van der Waals surface area contributed by atoms with Crippen LogP contribution in [0.3, 0.4) is 0 Å². The van der Waals surface area contributed by atoms with E-state index in [1.807, 2.05) is 66.2 Å². The van der Waals surface area contributed by atoms with E-state index in [-0.39, 0.29) is 18.3 Å². The highest BCUT2D eigenvalue weighted by Crippen LogP contribution is 2.17. The van der Waals surface area contributed by atoms with Crippen LogP contribution in [0.4, 0.5) is 5.69 Å². The normalized spacial score (nSPS) is 10.7. The summed E-state index contributed by atoms with van der Waals surface area (Å²) in [7, 11) is 0. The van der Waals surface area contributed by atoms with E-state index in [2.05, 4.69) is 17.2 Å². The lowest BCUT2D eigenvalue weighted by Crippen LogP contribution is -2.14. The van der Waals surface area contributed by atoms with Crippen molar-refractivity contribution in [3.63, 3.8) is 0 Å². The molecule has 1 heterocycles. The molecule has 0 saturated carbocycles. The third kappa shape index (κ3) is 11.7. The Morgan fingerprint density at radius 2 is 1.39 bits per heavy atom. The van der Waals surface area contributed by atoms with Gasteiger partial charge in [-0.05, 0) is 55.3 Å². The van der Waals surface area contributed by atoms with Gasteiger partial charge in [0.2, 0.25) is 5.91 Å². The molecule has 3 rings (SSSR count). The summed E-state index contributed by atoms with van der Waals surface area (Å²) in [6.45, 7) is 4.99. The summed E-state index contributed by atoms with van der Waals surface area (Å²) < 4.78 is 7.90.